The number of ether oxygens (including phenoxy) is 1. The van der Waals surface area contributed by atoms with Crippen LogP contribution in [0.15, 0.2) is 140 Å². The number of carbonyl (C=O) groups is 1. The lowest BCUT2D eigenvalue weighted by atomic mass is 9.77. The Balaban J connectivity index is 1.30. The van der Waals surface area contributed by atoms with Gasteiger partial charge in [-0.2, -0.15) is 5.10 Å². The number of anilines is 1. The zero-order valence-corrected chi connectivity index (χ0v) is 32.0. The monoisotopic (exact) mass is 729 g/mol. The molecule has 55 heavy (non-hydrogen) atoms. The molecule has 278 valence electrons. The van der Waals surface area contributed by atoms with Gasteiger partial charge in [0, 0.05) is 25.2 Å². The van der Waals surface area contributed by atoms with Crippen molar-refractivity contribution in [3.63, 3.8) is 0 Å². The number of hydrogen-bond donors (Lipinski definition) is 0. The Morgan fingerprint density at radius 1 is 0.709 bits per heavy atom. The van der Waals surface area contributed by atoms with Crippen molar-refractivity contribution in [1.82, 2.24) is 30.0 Å². The highest BCUT2D eigenvalue weighted by molar-refractivity contribution is 5.96. The number of tetrazole rings is 1. The minimum Gasteiger partial charge on any atom is -0.462 e. The first-order valence-electron chi connectivity index (χ1n) is 19.2. The number of carbonyl (C=O) groups excluding carboxylic acids is 1. The molecular weight excluding hydrogens is 683 g/mol. The standard InChI is InChI=1S/C46H47N7O2/c1-5-32-51(44-42(45(54)55-8-4)41(6-2)52(7-3)48-44)33-34-28-30-35(31-29-34)39-26-18-19-27-40(39)43-47-49-50-53(43)46(36-20-12-9-13-21-36,37-22-14-10-15-23-37)38-24-16-11-17-25-38/h9-31H,5-8,32-33H2,1-4H3. The van der Waals surface area contributed by atoms with E-state index in [2.05, 4.69) is 146 Å². The minimum absolute atomic E-state index is 0.313. The van der Waals surface area contributed by atoms with Crippen molar-refractivity contribution in [1.29, 1.82) is 0 Å². The van der Waals surface area contributed by atoms with Gasteiger partial charge in [0.25, 0.3) is 0 Å². The van der Waals surface area contributed by atoms with Gasteiger partial charge in [-0.1, -0.05) is 153 Å². The Kier molecular flexibility index (Phi) is 11.3. The summed E-state index contributed by atoms with van der Waals surface area (Å²) in [6.45, 7) is 10.4. The van der Waals surface area contributed by atoms with Gasteiger partial charge in [-0.3, -0.25) is 4.68 Å². The van der Waals surface area contributed by atoms with Crippen LogP contribution >= 0.6 is 0 Å². The van der Waals surface area contributed by atoms with Gasteiger partial charge >= 0.3 is 5.97 Å². The first-order valence-corrected chi connectivity index (χ1v) is 19.2. The zero-order valence-electron chi connectivity index (χ0n) is 32.0. The number of benzene rings is 5. The van der Waals surface area contributed by atoms with E-state index in [0.29, 0.717) is 43.3 Å². The van der Waals surface area contributed by atoms with E-state index in [1.54, 1.807) is 0 Å². The molecule has 0 N–H and O–H groups in total. The summed E-state index contributed by atoms with van der Waals surface area (Å²) in [6.07, 6.45) is 1.59. The number of aryl methyl sites for hydroxylation is 1. The fourth-order valence-electron chi connectivity index (χ4n) is 7.69. The number of esters is 1. The molecule has 0 amide bonds. The van der Waals surface area contributed by atoms with Gasteiger partial charge in [-0.25, -0.2) is 9.48 Å². The van der Waals surface area contributed by atoms with Gasteiger partial charge in [0.2, 0.25) is 0 Å². The van der Waals surface area contributed by atoms with Crippen LogP contribution in [0.4, 0.5) is 5.82 Å². The molecule has 2 heterocycles. The largest absolute Gasteiger partial charge is 0.462 e. The lowest BCUT2D eigenvalue weighted by Gasteiger charge is -2.36. The minimum atomic E-state index is -0.868. The van der Waals surface area contributed by atoms with Crippen LogP contribution in [0.2, 0.25) is 0 Å². The Hall–Kier alpha value is -6.35. The molecule has 5 aromatic carbocycles. The first-order chi connectivity index (χ1) is 27.0. The Labute approximate surface area is 323 Å². The van der Waals surface area contributed by atoms with Crippen molar-refractivity contribution in [2.24, 2.45) is 0 Å². The summed E-state index contributed by atoms with van der Waals surface area (Å²) in [5, 5.41) is 18.8. The molecule has 0 atom stereocenters. The molecule has 0 aliphatic heterocycles. The van der Waals surface area contributed by atoms with Crippen molar-refractivity contribution >= 4 is 11.8 Å². The summed E-state index contributed by atoms with van der Waals surface area (Å²) >= 11 is 0. The predicted molar refractivity (Wildman–Crippen MR) is 218 cm³/mol. The van der Waals surface area contributed by atoms with E-state index >= 15 is 0 Å². The van der Waals surface area contributed by atoms with Gasteiger partial charge in [-0.05, 0) is 70.5 Å². The molecule has 7 aromatic rings. The molecule has 0 bridgehead atoms. The van der Waals surface area contributed by atoms with Crippen LogP contribution in [0, 0.1) is 0 Å². The van der Waals surface area contributed by atoms with E-state index in [9.17, 15) is 4.79 Å². The van der Waals surface area contributed by atoms with Crippen LogP contribution in [0.3, 0.4) is 0 Å². The van der Waals surface area contributed by atoms with Crippen molar-refractivity contribution in [3.8, 4) is 22.5 Å². The fourth-order valence-corrected chi connectivity index (χ4v) is 7.69. The molecule has 0 unspecified atom stereocenters. The Morgan fingerprint density at radius 2 is 1.27 bits per heavy atom. The highest BCUT2D eigenvalue weighted by Crippen LogP contribution is 2.43. The lowest BCUT2D eigenvalue weighted by molar-refractivity contribution is 0.0525. The van der Waals surface area contributed by atoms with Crippen LogP contribution < -0.4 is 4.90 Å². The molecule has 0 fully saturated rings. The maximum atomic E-state index is 13.3. The lowest BCUT2D eigenvalue weighted by Crippen LogP contribution is -2.39. The van der Waals surface area contributed by atoms with Crippen molar-refractivity contribution in [2.75, 3.05) is 18.1 Å². The van der Waals surface area contributed by atoms with Gasteiger partial charge in [0.1, 0.15) is 11.1 Å². The maximum Gasteiger partial charge on any atom is 0.343 e. The second kappa shape index (κ2) is 16.8. The molecule has 0 spiro atoms. The summed E-state index contributed by atoms with van der Waals surface area (Å²) in [7, 11) is 0. The SMILES string of the molecule is CCCN(Cc1ccc(-c2ccccc2-c2nnnn2C(c2ccccc2)(c2ccccc2)c2ccccc2)cc1)c1nn(CC)c(CC)c1C(=O)OCC. The average Bonchev–Trinajstić information content (AvgIpc) is 3.88. The van der Waals surface area contributed by atoms with Gasteiger partial charge in [-0.15, -0.1) is 5.10 Å². The average molecular weight is 730 g/mol. The Morgan fingerprint density at radius 3 is 1.80 bits per heavy atom. The van der Waals surface area contributed by atoms with E-state index in [-0.39, 0.29) is 5.97 Å². The van der Waals surface area contributed by atoms with Crippen molar-refractivity contribution in [2.45, 2.75) is 59.2 Å². The third kappa shape index (κ3) is 7.05. The van der Waals surface area contributed by atoms with Crippen LogP contribution in [0.1, 0.15) is 72.4 Å². The summed E-state index contributed by atoms with van der Waals surface area (Å²) in [5.74, 6) is 1.01. The summed E-state index contributed by atoms with van der Waals surface area (Å²) < 4.78 is 9.43. The highest BCUT2D eigenvalue weighted by atomic mass is 16.5. The van der Waals surface area contributed by atoms with Crippen LogP contribution in [0.5, 0.6) is 0 Å². The molecule has 0 aliphatic rings. The smallest absolute Gasteiger partial charge is 0.343 e. The number of nitrogens with zero attached hydrogens (tertiary/aromatic N) is 7. The van der Waals surface area contributed by atoms with Crippen molar-refractivity contribution < 1.29 is 9.53 Å². The Bertz CT molecular complexity index is 2220. The molecule has 0 aliphatic carbocycles. The number of hydrogen-bond acceptors (Lipinski definition) is 7. The molecule has 9 heteroatoms. The first kappa shape index (κ1) is 37.0. The highest BCUT2D eigenvalue weighted by Gasteiger charge is 2.42. The number of aromatic nitrogens is 6. The van der Waals surface area contributed by atoms with E-state index in [0.717, 1.165) is 57.6 Å². The normalized spacial score (nSPS) is 11.4. The van der Waals surface area contributed by atoms with Gasteiger partial charge in [0.15, 0.2) is 11.6 Å². The second-order valence-corrected chi connectivity index (χ2v) is 13.4. The molecule has 9 nitrogen and oxygen atoms in total. The molecule has 0 saturated carbocycles. The van der Waals surface area contributed by atoms with Crippen molar-refractivity contribution in [3.05, 3.63) is 173 Å². The zero-order chi connectivity index (χ0) is 38.2. The third-order valence-corrected chi connectivity index (χ3v) is 10.1. The van der Waals surface area contributed by atoms with Crippen LogP contribution in [-0.4, -0.2) is 49.1 Å². The molecule has 2 aromatic heterocycles. The quantitative estimate of drug-likeness (QED) is 0.0768. The van der Waals surface area contributed by atoms with Crippen LogP contribution in [0.25, 0.3) is 22.5 Å². The summed E-state index contributed by atoms with van der Waals surface area (Å²) in [5.41, 5.74) is 7.80. The van der Waals surface area contributed by atoms with Gasteiger partial charge < -0.3 is 9.64 Å². The predicted octanol–water partition coefficient (Wildman–Crippen LogP) is 9.22. The fraction of sp³-hybridized carbons (Fsp3) is 0.239. The maximum absolute atomic E-state index is 13.3. The topological polar surface area (TPSA) is 91.0 Å². The molecule has 0 radical (unpaired) electrons. The van der Waals surface area contributed by atoms with E-state index < -0.39 is 5.54 Å². The van der Waals surface area contributed by atoms with E-state index in [4.69, 9.17) is 20.1 Å². The summed E-state index contributed by atoms with van der Waals surface area (Å²) in [6, 6.07) is 48.2. The molecule has 0 saturated heterocycles. The van der Waals surface area contributed by atoms with Crippen LogP contribution in [-0.2, 0) is 29.8 Å². The summed E-state index contributed by atoms with van der Waals surface area (Å²) in [4.78, 5) is 15.5. The second-order valence-electron chi connectivity index (χ2n) is 13.4. The number of rotatable bonds is 15. The molecule has 7 rings (SSSR count). The molecular formula is C46H47N7O2. The van der Waals surface area contributed by atoms with Gasteiger partial charge in [0.05, 0.1) is 12.3 Å². The van der Waals surface area contributed by atoms with E-state index in [1.807, 2.05) is 40.6 Å². The van der Waals surface area contributed by atoms with E-state index in [1.165, 1.54) is 0 Å². The third-order valence-electron chi connectivity index (χ3n) is 10.1.